The number of rotatable bonds is 2. The molecule has 2 rings (SSSR count). The predicted octanol–water partition coefficient (Wildman–Crippen LogP) is -0.0594. The third-order valence-electron chi connectivity index (χ3n) is 2.18. The summed E-state index contributed by atoms with van der Waals surface area (Å²) in [7, 11) is 0. The van der Waals surface area contributed by atoms with E-state index in [-0.39, 0.29) is 5.69 Å². The van der Waals surface area contributed by atoms with Crippen molar-refractivity contribution in [1.29, 1.82) is 0 Å². The number of aromatic nitrogens is 2. The van der Waals surface area contributed by atoms with Crippen LogP contribution in [0.4, 0.5) is 0 Å². The van der Waals surface area contributed by atoms with Crippen molar-refractivity contribution in [3.05, 3.63) is 34.2 Å². The molecule has 1 unspecified atom stereocenters. The van der Waals surface area contributed by atoms with Crippen LogP contribution in [0.5, 0.6) is 0 Å². The average molecular weight is 207 g/mol. The molecule has 1 aromatic heterocycles. The molecule has 5 N–H and O–H groups in total. The number of aliphatic carboxylic acids is 1. The lowest BCUT2D eigenvalue weighted by Crippen LogP contribution is -2.21. The van der Waals surface area contributed by atoms with E-state index in [0.29, 0.717) is 16.6 Å². The van der Waals surface area contributed by atoms with Crippen LogP contribution in [0.1, 0.15) is 11.6 Å². The summed E-state index contributed by atoms with van der Waals surface area (Å²) >= 11 is 0. The summed E-state index contributed by atoms with van der Waals surface area (Å²) in [6, 6.07) is 3.75. The largest absolute Gasteiger partial charge is 0.480 e. The molecule has 0 amide bonds. The first-order chi connectivity index (χ1) is 7.09. The van der Waals surface area contributed by atoms with E-state index in [1.54, 1.807) is 18.2 Å². The first-order valence-corrected chi connectivity index (χ1v) is 4.29. The third-order valence-corrected chi connectivity index (χ3v) is 2.18. The summed E-state index contributed by atoms with van der Waals surface area (Å²) in [5, 5.41) is 8.77. The molecule has 78 valence electrons. The zero-order chi connectivity index (χ0) is 11.0. The molecule has 0 spiro atoms. The number of fused-ring (bicyclic) bond motifs is 1. The fourth-order valence-electron chi connectivity index (χ4n) is 1.47. The van der Waals surface area contributed by atoms with Crippen molar-refractivity contribution in [2.75, 3.05) is 0 Å². The standard InChI is InChI=1S/C9H9N3O3/c10-6(8(13)14)4-2-1-3-5-7(4)12-9(15)11-5/h1-3,6H,10H2,(H,13,14)(H2,11,12,15). The van der Waals surface area contributed by atoms with E-state index in [1.807, 2.05) is 0 Å². The normalized spacial score (nSPS) is 12.9. The van der Waals surface area contributed by atoms with E-state index in [2.05, 4.69) is 9.97 Å². The van der Waals surface area contributed by atoms with Gasteiger partial charge in [0.05, 0.1) is 11.0 Å². The van der Waals surface area contributed by atoms with Crippen LogP contribution in [0.3, 0.4) is 0 Å². The Kier molecular flexibility index (Phi) is 2.05. The number of benzene rings is 1. The molecule has 1 aromatic carbocycles. The zero-order valence-electron chi connectivity index (χ0n) is 7.65. The maximum absolute atomic E-state index is 11.0. The van der Waals surface area contributed by atoms with E-state index in [0.717, 1.165) is 0 Å². The highest BCUT2D eigenvalue weighted by atomic mass is 16.4. The quantitative estimate of drug-likeness (QED) is 0.552. The molecule has 0 bridgehead atoms. The topological polar surface area (TPSA) is 112 Å². The van der Waals surface area contributed by atoms with Crippen LogP contribution >= 0.6 is 0 Å². The predicted molar refractivity (Wildman–Crippen MR) is 53.5 cm³/mol. The van der Waals surface area contributed by atoms with E-state index >= 15 is 0 Å². The summed E-state index contributed by atoms with van der Waals surface area (Å²) < 4.78 is 0. The van der Waals surface area contributed by atoms with Crippen molar-refractivity contribution < 1.29 is 9.90 Å². The molecule has 0 aliphatic heterocycles. The van der Waals surface area contributed by atoms with Gasteiger partial charge in [0, 0.05) is 5.56 Å². The number of carboxylic acids is 1. The Labute approximate surface area is 83.7 Å². The van der Waals surface area contributed by atoms with Gasteiger partial charge >= 0.3 is 11.7 Å². The Morgan fingerprint density at radius 1 is 1.40 bits per heavy atom. The summed E-state index contributed by atoms with van der Waals surface area (Å²) in [5.41, 5.74) is 6.48. The molecule has 1 atom stereocenters. The minimum atomic E-state index is -1.14. The third kappa shape index (κ3) is 1.50. The maximum atomic E-state index is 11.0. The Morgan fingerprint density at radius 2 is 2.13 bits per heavy atom. The highest BCUT2D eigenvalue weighted by Gasteiger charge is 2.17. The molecule has 0 aliphatic carbocycles. The molecule has 6 heteroatoms. The Morgan fingerprint density at radius 3 is 2.80 bits per heavy atom. The number of nitrogens with two attached hydrogens (primary N) is 1. The van der Waals surface area contributed by atoms with Gasteiger partial charge in [0.15, 0.2) is 0 Å². The van der Waals surface area contributed by atoms with Crippen LogP contribution in [0.2, 0.25) is 0 Å². The lowest BCUT2D eigenvalue weighted by atomic mass is 10.1. The number of imidazole rings is 1. The fourth-order valence-corrected chi connectivity index (χ4v) is 1.47. The van der Waals surface area contributed by atoms with Gasteiger partial charge in [-0.15, -0.1) is 0 Å². The first-order valence-electron chi connectivity index (χ1n) is 4.29. The lowest BCUT2D eigenvalue weighted by molar-refractivity contribution is -0.138. The lowest BCUT2D eigenvalue weighted by Gasteiger charge is -2.06. The van der Waals surface area contributed by atoms with Crippen LogP contribution in [-0.4, -0.2) is 21.0 Å². The van der Waals surface area contributed by atoms with Gasteiger partial charge in [0.2, 0.25) is 0 Å². The number of H-pyrrole nitrogens is 2. The van der Waals surface area contributed by atoms with Crippen LogP contribution < -0.4 is 11.4 Å². The number of hydrogen-bond donors (Lipinski definition) is 4. The second kappa shape index (κ2) is 3.25. The van der Waals surface area contributed by atoms with Crippen molar-refractivity contribution in [1.82, 2.24) is 9.97 Å². The highest BCUT2D eigenvalue weighted by Crippen LogP contribution is 2.18. The van der Waals surface area contributed by atoms with Gasteiger partial charge in [-0.3, -0.25) is 4.79 Å². The molecule has 0 radical (unpaired) electrons. The van der Waals surface area contributed by atoms with Crippen LogP contribution in [0.25, 0.3) is 11.0 Å². The molecular formula is C9H9N3O3. The van der Waals surface area contributed by atoms with Crippen molar-refractivity contribution in [3.8, 4) is 0 Å². The smallest absolute Gasteiger partial charge is 0.325 e. The van der Waals surface area contributed by atoms with E-state index in [4.69, 9.17) is 10.8 Å². The number of carboxylic acid groups (broad SMARTS) is 1. The zero-order valence-corrected chi connectivity index (χ0v) is 7.65. The molecule has 2 aromatic rings. The number of aromatic amines is 2. The monoisotopic (exact) mass is 207 g/mol. The molecule has 0 saturated heterocycles. The number of hydrogen-bond acceptors (Lipinski definition) is 3. The van der Waals surface area contributed by atoms with Crippen molar-refractivity contribution in [2.45, 2.75) is 6.04 Å². The van der Waals surface area contributed by atoms with Crippen LogP contribution in [-0.2, 0) is 4.79 Å². The minimum absolute atomic E-state index is 0.380. The second-order valence-corrected chi connectivity index (χ2v) is 3.16. The number of nitrogens with one attached hydrogen (secondary N) is 2. The van der Waals surface area contributed by atoms with E-state index < -0.39 is 12.0 Å². The van der Waals surface area contributed by atoms with Gasteiger partial charge in [-0.25, -0.2) is 4.79 Å². The maximum Gasteiger partial charge on any atom is 0.325 e. The summed E-state index contributed by atoms with van der Waals surface area (Å²) in [6.45, 7) is 0. The van der Waals surface area contributed by atoms with E-state index in [9.17, 15) is 9.59 Å². The summed E-state index contributed by atoms with van der Waals surface area (Å²) in [5.74, 6) is -1.13. The molecule has 1 heterocycles. The van der Waals surface area contributed by atoms with Crippen molar-refractivity contribution >= 4 is 17.0 Å². The van der Waals surface area contributed by atoms with Crippen LogP contribution in [0, 0.1) is 0 Å². The molecule has 15 heavy (non-hydrogen) atoms. The van der Waals surface area contributed by atoms with Gasteiger partial charge in [-0.1, -0.05) is 12.1 Å². The average Bonchev–Trinajstić information content (AvgIpc) is 2.56. The molecule has 0 saturated carbocycles. The Bertz CT molecular complexity index is 569. The Hall–Kier alpha value is -2.08. The first kappa shape index (κ1) is 9.47. The highest BCUT2D eigenvalue weighted by molar-refractivity contribution is 5.85. The molecule has 0 aliphatic rings. The summed E-state index contributed by atoms with van der Waals surface area (Å²) in [4.78, 5) is 26.8. The molecular weight excluding hydrogens is 198 g/mol. The summed E-state index contributed by atoms with van der Waals surface area (Å²) in [6.07, 6.45) is 0. The molecule has 6 nitrogen and oxygen atoms in total. The van der Waals surface area contributed by atoms with Gasteiger partial charge in [-0.2, -0.15) is 0 Å². The number of carbonyl (C=O) groups is 1. The molecule has 0 fully saturated rings. The van der Waals surface area contributed by atoms with Gasteiger partial charge < -0.3 is 20.8 Å². The number of para-hydroxylation sites is 1. The van der Waals surface area contributed by atoms with Gasteiger partial charge in [-0.05, 0) is 6.07 Å². The van der Waals surface area contributed by atoms with Gasteiger partial charge in [0.1, 0.15) is 6.04 Å². The van der Waals surface area contributed by atoms with Gasteiger partial charge in [0.25, 0.3) is 0 Å². The fraction of sp³-hybridized carbons (Fsp3) is 0.111. The van der Waals surface area contributed by atoms with E-state index in [1.165, 1.54) is 0 Å². The SMILES string of the molecule is NC(C(=O)O)c1cccc2[nH]c(=O)[nH]c12. The van der Waals surface area contributed by atoms with Crippen molar-refractivity contribution in [3.63, 3.8) is 0 Å². The minimum Gasteiger partial charge on any atom is -0.480 e. The Balaban J connectivity index is 2.70. The van der Waals surface area contributed by atoms with Crippen LogP contribution in [0.15, 0.2) is 23.0 Å². The van der Waals surface area contributed by atoms with Crippen molar-refractivity contribution in [2.24, 2.45) is 5.73 Å². The second-order valence-electron chi connectivity index (χ2n) is 3.16.